The molecule has 0 aromatic carbocycles. The highest BCUT2D eigenvalue weighted by Crippen LogP contribution is 2.21. The van der Waals surface area contributed by atoms with E-state index in [4.69, 9.17) is 10.8 Å². The minimum atomic E-state index is -0.898. The highest BCUT2D eigenvalue weighted by atomic mass is 16.4. The first-order valence-electron chi connectivity index (χ1n) is 5.21. The summed E-state index contributed by atoms with van der Waals surface area (Å²) in [6.45, 7) is 7.44. The Bertz CT molecular complexity index is 198. The van der Waals surface area contributed by atoms with Crippen molar-refractivity contribution in [1.82, 2.24) is 4.90 Å². The standard InChI is InChI=1S/C10H20N2O2/c1-7-5-12(6-8(7)2)4-3-9(11)10(13)14/h7-9H,3-6,11H2,1-2H3,(H,13,14). The minimum absolute atomic E-state index is 0.550. The summed E-state index contributed by atoms with van der Waals surface area (Å²) in [5.74, 6) is 0.539. The summed E-state index contributed by atoms with van der Waals surface area (Å²) < 4.78 is 0. The third-order valence-electron chi connectivity index (χ3n) is 3.14. The molecule has 0 aromatic heterocycles. The molecule has 0 saturated carbocycles. The van der Waals surface area contributed by atoms with Crippen LogP contribution in [-0.2, 0) is 4.79 Å². The normalized spacial score (nSPS) is 30.5. The van der Waals surface area contributed by atoms with Crippen molar-refractivity contribution in [2.24, 2.45) is 17.6 Å². The molecule has 0 bridgehead atoms. The van der Waals surface area contributed by atoms with E-state index in [9.17, 15) is 4.79 Å². The average molecular weight is 200 g/mol. The number of carboxylic acid groups (broad SMARTS) is 1. The lowest BCUT2D eigenvalue weighted by atomic mass is 10.0. The van der Waals surface area contributed by atoms with E-state index >= 15 is 0 Å². The van der Waals surface area contributed by atoms with Crippen LogP contribution in [0.15, 0.2) is 0 Å². The maximum atomic E-state index is 10.5. The average Bonchev–Trinajstić information content (AvgIpc) is 2.42. The lowest BCUT2D eigenvalue weighted by Crippen LogP contribution is -2.35. The quantitative estimate of drug-likeness (QED) is 0.688. The number of rotatable bonds is 4. The third kappa shape index (κ3) is 2.96. The first kappa shape index (κ1) is 11.5. The molecule has 0 spiro atoms. The van der Waals surface area contributed by atoms with E-state index in [0.29, 0.717) is 6.42 Å². The molecule has 1 saturated heterocycles. The molecule has 1 heterocycles. The molecule has 1 rings (SSSR count). The van der Waals surface area contributed by atoms with Crippen molar-refractivity contribution >= 4 is 5.97 Å². The first-order valence-corrected chi connectivity index (χ1v) is 5.21. The van der Waals surface area contributed by atoms with E-state index in [0.717, 1.165) is 31.5 Å². The molecule has 0 radical (unpaired) electrons. The van der Waals surface area contributed by atoms with Gasteiger partial charge in [-0.05, 0) is 18.3 Å². The van der Waals surface area contributed by atoms with Gasteiger partial charge in [0, 0.05) is 19.6 Å². The highest BCUT2D eigenvalue weighted by molar-refractivity contribution is 5.72. The zero-order valence-corrected chi connectivity index (χ0v) is 8.94. The van der Waals surface area contributed by atoms with Crippen molar-refractivity contribution in [2.75, 3.05) is 19.6 Å². The molecule has 1 aliphatic rings. The van der Waals surface area contributed by atoms with E-state index in [1.54, 1.807) is 0 Å². The van der Waals surface area contributed by atoms with Crippen LogP contribution in [0.3, 0.4) is 0 Å². The lowest BCUT2D eigenvalue weighted by molar-refractivity contribution is -0.138. The molecule has 4 heteroatoms. The fourth-order valence-electron chi connectivity index (χ4n) is 1.88. The molecule has 4 nitrogen and oxygen atoms in total. The second-order valence-corrected chi connectivity index (χ2v) is 4.45. The number of carbonyl (C=O) groups is 1. The van der Waals surface area contributed by atoms with Crippen LogP contribution < -0.4 is 5.73 Å². The van der Waals surface area contributed by atoms with E-state index in [2.05, 4.69) is 18.7 Å². The summed E-state index contributed by atoms with van der Waals surface area (Å²) in [6.07, 6.45) is 0.550. The molecular formula is C10H20N2O2. The van der Waals surface area contributed by atoms with E-state index in [1.165, 1.54) is 0 Å². The van der Waals surface area contributed by atoms with Gasteiger partial charge in [-0.25, -0.2) is 0 Å². The number of hydrogen-bond acceptors (Lipinski definition) is 3. The van der Waals surface area contributed by atoms with Crippen molar-refractivity contribution in [3.63, 3.8) is 0 Å². The number of carboxylic acids is 1. The Morgan fingerprint density at radius 2 is 2.00 bits per heavy atom. The SMILES string of the molecule is CC1CN(CCC(N)C(=O)O)CC1C. The van der Waals surface area contributed by atoms with Gasteiger partial charge in [0.1, 0.15) is 6.04 Å². The number of aliphatic carboxylic acids is 1. The number of likely N-dealkylation sites (tertiary alicyclic amines) is 1. The van der Waals surface area contributed by atoms with Gasteiger partial charge < -0.3 is 15.7 Å². The van der Waals surface area contributed by atoms with Crippen LogP contribution in [-0.4, -0.2) is 41.7 Å². The molecule has 0 aromatic rings. The Balaban J connectivity index is 2.23. The Morgan fingerprint density at radius 1 is 1.50 bits per heavy atom. The zero-order valence-electron chi connectivity index (χ0n) is 8.94. The molecule has 82 valence electrons. The Kier molecular flexibility index (Phi) is 3.89. The number of nitrogens with zero attached hydrogens (tertiary/aromatic N) is 1. The van der Waals surface area contributed by atoms with Crippen LogP contribution in [0.4, 0.5) is 0 Å². The zero-order chi connectivity index (χ0) is 10.7. The van der Waals surface area contributed by atoms with Gasteiger partial charge in [-0.1, -0.05) is 13.8 Å². The Labute approximate surface area is 85.1 Å². The van der Waals surface area contributed by atoms with Crippen LogP contribution in [0.1, 0.15) is 20.3 Å². The first-order chi connectivity index (χ1) is 6.50. The van der Waals surface area contributed by atoms with Gasteiger partial charge in [-0.2, -0.15) is 0 Å². The third-order valence-corrected chi connectivity index (χ3v) is 3.14. The largest absolute Gasteiger partial charge is 0.480 e. The van der Waals surface area contributed by atoms with Crippen LogP contribution in [0, 0.1) is 11.8 Å². The van der Waals surface area contributed by atoms with Gasteiger partial charge in [0.05, 0.1) is 0 Å². The van der Waals surface area contributed by atoms with Crippen molar-refractivity contribution in [1.29, 1.82) is 0 Å². The summed E-state index contributed by atoms with van der Waals surface area (Å²) in [6, 6.07) is -0.707. The van der Waals surface area contributed by atoms with E-state index < -0.39 is 12.0 Å². The second-order valence-electron chi connectivity index (χ2n) is 4.45. The lowest BCUT2D eigenvalue weighted by Gasteiger charge is -2.16. The summed E-state index contributed by atoms with van der Waals surface area (Å²) in [4.78, 5) is 12.8. The predicted molar refractivity (Wildman–Crippen MR) is 55.0 cm³/mol. The van der Waals surface area contributed by atoms with E-state index in [-0.39, 0.29) is 0 Å². The summed E-state index contributed by atoms with van der Waals surface area (Å²) in [7, 11) is 0. The number of hydrogen-bond donors (Lipinski definition) is 2. The molecule has 1 aliphatic heterocycles. The van der Waals surface area contributed by atoms with Crippen molar-refractivity contribution < 1.29 is 9.90 Å². The molecule has 14 heavy (non-hydrogen) atoms. The van der Waals surface area contributed by atoms with Crippen molar-refractivity contribution in [2.45, 2.75) is 26.3 Å². The highest BCUT2D eigenvalue weighted by Gasteiger charge is 2.26. The van der Waals surface area contributed by atoms with Crippen molar-refractivity contribution in [3.8, 4) is 0 Å². The fraction of sp³-hybridized carbons (Fsp3) is 0.900. The molecule has 0 amide bonds. The maximum absolute atomic E-state index is 10.5. The van der Waals surface area contributed by atoms with Gasteiger partial charge in [0.2, 0.25) is 0 Å². The monoisotopic (exact) mass is 200 g/mol. The van der Waals surface area contributed by atoms with Gasteiger partial charge in [-0.3, -0.25) is 4.79 Å². The van der Waals surface area contributed by atoms with Gasteiger partial charge >= 0.3 is 5.97 Å². The van der Waals surface area contributed by atoms with Gasteiger partial charge in [-0.15, -0.1) is 0 Å². The number of nitrogens with two attached hydrogens (primary N) is 1. The predicted octanol–water partition coefficient (Wildman–Crippen LogP) is 0.376. The van der Waals surface area contributed by atoms with Crippen LogP contribution >= 0.6 is 0 Å². The smallest absolute Gasteiger partial charge is 0.320 e. The van der Waals surface area contributed by atoms with E-state index in [1.807, 2.05) is 0 Å². The second kappa shape index (κ2) is 4.75. The van der Waals surface area contributed by atoms with Crippen molar-refractivity contribution in [3.05, 3.63) is 0 Å². The molecule has 3 unspecified atom stereocenters. The van der Waals surface area contributed by atoms with Crippen LogP contribution in [0.25, 0.3) is 0 Å². The summed E-state index contributed by atoms with van der Waals surface area (Å²) in [5.41, 5.74) is 5.44. The van der Waals surface area contributed by atoms with Crippen LogP contribution in [0.5, 0.6) is 0 Å². The Hall–Kier alpha value is -0.610. The van der Waals surface area contributed by atoms with Gasteiger partial charge in [0.15, 0.2) is 0 Å². The summed E-state index contributed by atoms with van der Waals surface area (Å²) in [5, 5.41) is 8.62. The molecular weight excluding hydrogens is 180 g/mol. The Morgan fingerprint density at radius 3 is 2.43 bits per heavy atom. The van der Waals surface area contributed by atoms with Crippen LogP contribution in [0.2, 0.25) is 0 Å². The molecule has 3 atom stereocenters. The van der Waals surface area contributed by atoms with Gasteiger partial charge in [0.25, 0.3) is 0 Å². The topological polar surface area (TPSA) is 66.6 Å². The fourth-order valence-corrected chi connectivity index (χ4v) is 1.88. The minimum Gasteiger partial charge on any atom is -0.480 e. The molecule has 0 aliphatic carbocycles. The molecule has 1 fully saturated rings. The summed E-state index contributed by atoms with van der Waals surface area (Å²) >= 11 is 0. The maximum Gasteiger partial charge on any atom is 0.320 e. The molecule has 3 N–H and O–H groups in total.